The number of hydrogen-bond acceptors (Lipinski definition) is 2. The van der Waals surface area contributed by atoms with Crippen molar-refractivity contribution in [3.05, 3.63) is 11.6 Å². The predicted octanol–water partition coefficient (Wildman–Crippen LogP) is 1.23. The molecule has 0 saturated carbocycles. The predicted molar refractivity (Wildman–Crippen MR) is 55.4 cm³/mol. The van der Waals surface area contributed by atoms with Gasteiger partial charge in [-0.25, -0.2) is 0 Å². The van der Waals surface area contributed by atoms with E-state index in [2.05, 4.69) is 11.9 Å². The van der Waals surface area contributed by atoms with Crippen LogP contribution in [0.3, 0.4) is 0 Å². The smallest absolute Gasteiger partial charge is 0.237 e. The highest BCUT2D eigenvalue weighted by Gasteiger charge is 2.18. The molecule has 4 heteroatoms. The van der Waals surface area contributed by atoms with Gasteiger partial charge in [0.1, 0.15) is 0 Å². The molecule has 0 fully saturated rings. The maximum Gasteiger partial charge on any atom is 0.237 e. The summed E-state index contributed by atoms with van der Waals surface area (Å²) >= 11 is 5.49. The van der Waals surface area contributed by atoms with E-state index in [1.807, 2.05) is 13.8 Å². The van der Waals surface area contributed by atoms with Crippen LogP contribution in [0.2, 0.25) is 0 Å². The number of nitrogens with two attached hydrogens (primary N) is 1. The van der Waals surface area contributed by atoms with Crippen LogP contribution in [0, 0.1) is 5.92 Å². The second kappa shape index (κ2) is 6.00. The summed E-state index contributed by atoms with van der Waals surface area (Å²) in [5.74, 6) is 0.0136. The van der Waals surface area contributed by atoms with Gasteiger partial charge >= 0.3 is 0 Å². The van der Waals surface area contributed by atoms with Crippen molar-refractivity contribution in [3.8, 4) is 0 Å². The van der Waals surface area contributed by atoms with Gasteiger partial charge in [-0.05, 0) is 5.92 Å². The van der Waals surface area contributed by atoms with Gasteiger partial charge in [0, 0.05) is 5.03 Å². The number of halogens is 1. The van der Waals surface area contributed by atoms with Crippen LogP contribution in [0.25, 0.3) is 0 Å². The molecule has 0 aliphatic rings. The van der Waals surface area contributed by atoms with Gasteiger partial charge in [0.25, 0.3) is 0 Å². The van der Waals surface area contributed by atoms with Gasteiger partial charge in [0.15, 0.2) is 0 Å². The highest BCUT2D eigenvalue weighted by Crippen LogP contribution is 2.05. The molecule has 0 aromatic rings. The Balaban J connectivity index is 3.89. The largest absolute Gasteiger partial charge is 0.350 e. The normalized spacial score (nSPS) is 14.8. The summed E-state index contributed by atoms with van der Waals surface area (Å²) in [7, 11) is 0. The molecule has 0 saturated heterocycles. The second-order valence-corrected chi connectivity index (χ2v) is 3.68. The maximum atomic E-state index is 11.3. The van der Waals surface area contributed by atoms with Crippen LogP contribution < -0.4 is 11.1 Å². The van der Waals surface area contributed by atoms with Crippen molar-refractivity contribution in [3.63, 3.8) is 0 Å². The van der Waals surface area contributed by atoms with Crippen molar-refractivity contribution in [1.29, 1.82) is 0 Å². The lowest BCUT2D eigenvalue weighted by Crippen LogP contribution is -2.44. The van der Waals surface area contributed by atoms with Crippen LogP contribution in [0.1, 0.15) is 20.3 Å². The number of carbonyl (C=O) groups excluding carboxylic acids is 1. The Morgan fingerprint density at radius 2 is 2.23 bits per heavy atom. The van der Waals surface area contributed by atoms with E-state index in [-0.39, 0.29) is 18.4 Å². The molecule has 3 nitrogen and oxygen atoms in total. The Morgan fingerprint density at radius 1 is 1.69 bits per heavy atom. The van der Waals surface area contributed by atoms with Crippen LogP contribution in [0.4, 0.5) is 0 Å². The van der Waals surface area contributed by atoms with Gasteiger partial charge in [-0.2, -0.15) is 0 Å². The minimum atomic E-state index is -0.457. The molecule has 0 bridgehead atoms. The first-order chi connectivity index (χ1) is 5.99. The first-order valence-electron chi connectivity index (χ1n) is 4.35. The minimum absolute atomic E-state index is 0.170. The molecular weight excluding hydrogens is 188 g/mol. The number of rotatable bonds is 5. The standard InChI is InChI=1S/C9H17ClN2O/c1-4-6(2)8(11)9(13)12-5-7(3)10/h6,8H,3-5,11H2,1-2H3,(H,12,13)/t6-,8-/m0/s1. The van der Waals surface area contributed by atoms with E-state index in [1.54, 1.807) is 0 Å². The molecule has 3 N–H and O–H groups in total. The van der Waals surface area contributed by atoms with E-state index in [1.165, 1.54) is 0 Å². The monoisotopic (exact) mass is 204 g/mol. The number of hydrogen-bond donors (Lipinski definition) is 2. The molecule has 1 amide bonds. The van der Waals surface area contributed by atoms with Gasteiger partial charge in [0.2, 0.25) is 5.91 Å². The molecule has 0 aromatic carbocycles. The van der Waals surface area contributed by atoms with Crippen molar-refractivity contribution in [2.75, 3.05) is 6.54 Å². The summed E-state index contributed by atoms with van der Waals surface area (Å²) in [5.41, 5.74) is 5.67. The van der Waals surface area contributed by atoms with Crippen molar-refractivity contribution < 1.29 is 4.79 Å². The molecule has 0 rings (SSSR count). The van der Waals surface area contributed by atoms with Crippen molar-refractivity contribution in [2.24, 2.45) is 11.7 Å². The number of nitrogens with one attached hydrogen (secondary N) is 1. The molecule has 0 aliphatic carbocycles. The molecule has 0 aliphatic heterocycles. The van der Waals surface area contributed by atoms with E-state index in [4.69, 9.17) is 17.3 Å². The first-order valence-corrected chi connectivity index (χ1v) is 4.73. The third-order valence-electron chi connectivity index (χ3n) is 2.01. The quantitative estimate of drug-likeness (QED) is 0.708. The van der Waals surface area contributed by atoms with Gasteiger partial charge in [-0.3, -0.25) is 4.79 Å². The van der Waals surface area contributed by atoms with Crippen molar-refractivity contribution in [1.82, 2.24) is 5.32 Å². The fourth-order valence-corrected chi connectivity index (χ4v) is 0.880. The molecule has 0 unspecified atom stereocenters. The van der Waals surface area contributed by atoms with E-state index >= 15 is 0 Å². The number of amides is 1. The molecular formula is C9H17ClN2O. The zero-order valence-corrected chi connectivity index (χ0v) is 8.90. The van der Waals surface area contributed by atoms with Gasteiger partial charge in [-0.15, -0.1) is 0 Å². The molecule has 0 heterocycles. The van der Waals surface area contributed by atoms with Crippen LogP contribution in [0.5, 0.6) is 0 Å². The average Bonchev–Trinajstić information content (AvgIpc) is 2.11. The van der Waals surface area contributed by atoms with Crippen LogP contribution in [-0.2, 0) is 4.79 Å². The summed E-state index contributed by atoms with van der Waals surface area (Å²) < 4.78 is 0. The lowest BCUT2D eigenvalue weighted by Gasteiger charge is -2.17. The highest BCUT2D eigenvalue weighted by atomic mass is 35.5. The molecule has 76 valence electrons. The van der Waals surface area contributed by atoms with E-state index in [9.17, 15) is 4.79 Å². The fourth-order valence-electron chi connectivity index (χ4n) is 0.813. The molecule has 0 radical (unpaired) electrons. The average molecular weight is 205 g/mol. The first kappa shape index (κ1) is 12.5. The zero-order chi connectivity index (χ0) is 10.4. The summed E-state index contributed by atoms with van der Waals surface area (Å²) in [4.78, 5) is 11.3. The Bertz CT molecular complexity index is 194. The zero-order valence-electron chi connectivity index (χ0n) is 8.14. The summed E-state index contributed by atoms with van der Waals surface area (Å²) in [5, 5.41) is 3.01. The Labute approximate surface area is 84.3 Å². The van der Waals surface area contributed by atoms with Crippen LogP contribution in [-0.4, -0.2) is 18.5 Å². The SMILES string of the molecule is C=C(Cl)CNC(=O)[C@@H](N)[C@@H](C)CC. The molecule has 13 heavy (non-hydrogen) atoms. The van der Waals surface area contributed by atoms with Gasteiger partial charge < -0.3 is 11.1 Å². The lowest BCUT2D eigenvalue weighted by molar-refractivity contribution is -0.123. The third-order valence-corrected chi connectivity index (χ3v) is 2.15. The van der Waals surface area contributed by atoms with Gasteiger partial charge in [0.05, 0.1) is 12.6 Å². The summed E-state index contributed by atoms with van der Waals surface area (Å²) in [6, 6.07) is -0.457. The minimum Gasteiger partial charge on any atom is -0.350 e. The Kier molecular flexibility index (Phi) is 5.75. The topological polar surface area (TPSA) is 55.1 Å². The lowest BCUT2D eigenvalue weighted by atomic mass is 9.99. The fraction of sp³-hybridized carbons (Fsp3) is 0.667. The van der Waals surface area contributed by atoms with Crippen LogP contribution >= 0.6 is 11.6 Å². The molecule has 2 atom stereocenters. The highest BCUT2D eigenvalue weighted by molar-refractivity contribution is 6.29. The number of carbonyl (C=O) groups is 1. The van der Waals surface area contributed by atoms with Crippen molar-refractivity contribution in [2.45, 2.75) is 26.3 Å². The van der Waals surface area contributed by atoms with E-state index < -0.39 is 6.04 Å². The van der Waals surface area contributed by atoms with Crippen LogP contribution in [0.15, 0.2) is 11.6 Å². The summed E-state index contributed by atoms with van der Waals surface area (Å²) in [6.07, 6.45) is 0.885. The van der Waals surface area contributed by atoms with E-state index in [0.717, 1.165) is 6.42 Å². The molecule has 0 aromatic heterocycles. The van der Waals surface area contributed by atoms with Gasteiger partial charge in [-0.1, -0.05) is 38.4 Å². The van der Waals surface area contributed by atoms with E-state index in [0.29, 0.717) is 5.03 Å². The second-order valence-electron chi connectivity index (χ2n) is 3.15. The Hall–Kier alpha value is -0.540. The molecule has 0 spiro atoms. The maximum absolute atomic E-state index is 11.3. The third kappa shape index (κ3) is 4.90. The summed E-state index contributed by atoms with van der Waals surface area (Å²) in [6.45, 7) is 7.69. The van der Waals surface area contributed by atoms with Crippen molar-refractivity contribution >= 4 is 17.5 Å². The Morgan fingerprint density at radius 3 is 2.62 bits per heavy atom.